The topological polar surface area (TPSA) is 79.7 Å². The molecule has 1 aliphatic rings. The van der Waals surface area contributed by atoms with Gasteiger partial charge in [-0.2, -0.15) is 0 Å². The minimum Gasteiger partial charge on any atom is -0.478 e. The van der Waals surface area contributed by atoms with Gasteiger partial charge in [0.15, 0.2) is 0 Å². The first-order chi connectivity index (χ1) is 9.69. The molecular formula is C15H20N2O4. The highest BCUT2D eigenvalue weighted by atomic mass is 16.6. The Morgan fingerprint density at radius 1 is 1.38 bits per heavy atom. The minimum absolute atomic E-state index is 0.180. The molecule has 0 radical (unpaired) electrons. The number of amides is 1. The van der Waals surface area contributed by atoms with Crippen LogP contribution in [0, 0.1) is 6.92 Å². The lowest BCUT2D eigenvalue weighted by Gasteiger charge is -2.31. The Morgan fingerprint density at radius 3 is 2.62 bits per heavy atom. The third-order valence-corrected chi connectivity index (χ3v) is 3.20. The summed E-state index contributed by atoms with van der Waals surface area (Å²) < 4.78 is 5.38. The number of pyridine rings is 1. The summed E-state index contributed by atoms with van der Waals surface area (Å²) in [7, 11) is 0. The van der Waals surface area contributed by atoms with Gasteiger partial charge < -0.3 is 9.84 Å². The van der Waals surface area contributed by atoms with Gasteiger partial charge in [-0.05, 0) is 52.2 Å². The lowest BCUT2D eigenvalue weighted by atomic mass is 10.0. The maximum atomic E-state index is 12.3. The molecule has 6 heteroatoms. The van der Waals surface area contributed by atoms with Crippen molar-refractivity contribution in [3.63, 3.8) is 0 Å². The molecule has 0 aliphatic carbocycles. The molecule has 0 fully saturated rings. The van der Waals surface area contributed by atoms with E-state index >= 15 is 0 Å². The number of ether oxygens (including phenoxy) is 1. The van der Waals surface area contributed by atoms with Crippen molar-refractivity contribution < 1.29 is 19.4 Å². The van der Waals surface area contributed by atoms with Gasteiger partial charge >= 0.3 is 12.1 Å². The minimum atomic E-state index is -1.00. The van der Waals surface area contributed by atoms with E-state index in [9.17, 15) is 9.59 Å². The van der Waals surface area contributed by atoms with Gasteiger partial charge in [-0.25, -0.2) is 14.6 Å². The van der Waals surface area contributed by atoms with Crippen LogP contribution in [0.1, 0.15) is 48.8 Å². The van der Waals surface area contributed by atoms with Crippen LogP contribution < -0.4 is 4.90 Å². The Hall–Kier alpha value is -2.11. The molecule has 0 unspecified atom stereocenters. The predicted octanol–water partition coefficient (Wildman–Crippen LogP) is 2.78. The lowest BCUT2D eigenvalue weighted by molar-refractivity contribution is 0.0576. The van der Waals surface area contributed by atoms with E-state index in [1.54, 1.807) is 13.0 Å². The fourth-order valence-electron chi connectivity index (χ4n) is 2.30. The molecule has 21 heavy (non-hydrogen) atoms. The monoisotopic (exact) mass is 292 g/mol. The molecule has 2 heterocycles. The van der Waals surface area contributed by atoms with Crippen molar-refractivity contribution in [1.82, 2.24) is 4.98 Å². The molecule has 6 nitrogen and oxygen atoms in total. The number of aromatic nitrogens is 1. The summed E-state index contributed by atoms with van der Waals surface area (Å²) in [6, 6.07) is 1.61. The number of rotatable bonds is 1. The summed E-state index contributed by atoms with van der Waals surface area (Å²) in [5.74, 6) is -0.491. The summed E-state index contributed by atoms with van der Waals surface area (Å²) in [4.78, 5) is 29.2. The third kappa shape index (κ3) is 3.32. The Bertz CT molecular complexity index is 590. The highest BCUT2D eigenvalue weighted by Gasteiger charge is 2.29. The van der Waals surface area contributed by atoms with E-state index in [2.05, 4.69) is 4.98 Å². The van der Waals surface area contributed by atoms with Crippen molar-refractivity contribution in [2.75, 3.05) is 11.4 Å². The number of carbonyl (C=O) groups excluding carboxylic acids is 1. The number of anilines is 1. The number of carboxylic acids is 1. The highest BCUT2D eigenvalue weighted by Crippen LogP contribution is 2.28. The predicted molar refractivity (Wildman–Crippen MR) is 77.8 cm³/mol. The lowest BCUT2D eigenvalue weighted by Crippen LogP contribution is -2.40. The van der Waals surface area contributed by atoms with Gasteiger partial charge in [0.2, 0.25) is 0 Å². The molecule has 1 aromatic rings. The van der Waals surface area contributed by atoms with E-state index in [4.69, 9.17) is 9.84 Å². The van der Waals surface area contributed by atoms with Crippen LogP contribution >= 0.6 is 0 Å². The Labute approximate surface area is 123 Å². The van der Waals surface area contributed by atoms with Crippen molar-refractivity contribution in [2.24, 2.45) is 0 Å². The van der Waals surface area contributed by atoms with Crippen molar-refractivity contribution in [3.8, 4) is 0 Å². The van der Waals surface area contributed by atoms with E-state index in [1.165, 1.54) is 4.90 Å². The molecule has 1 N–H and O–H groups in total. The summed E-state index contributed by atoms with van der Waals surface area (Å²) in [6.45, 7) is 7.58. The molecule has 0 atom stereocenters. The highest BCUT2D eigenvalue weighted by molar-refractivity contribution is 5.92. The van der Waals surface area contributed by atoms with Gasteiger partial charge in [0.1, 0.15) is 11.4 Å². The number of nitrogens with zero attached hydrogens (tertiary/aromatic N) is 2. The van der Waals surface area contributed by atoms with Gasteiger partial charge in [0.05, 0.1) is 11.3 Å². The average molecular weight is 292 g/mol. The zero-order chi connectivity index (χ0) is 15.8. The summed E-state index contributed by atoms with van der Waals surface area (Å²) in [5.41, 5.74) is 0.775. The fourth-order valence-corrected chi connectivity index (χ4v) is 2.30. The van der Waals surface area contributed by atoms with E-state index in [1.807, 2.05) is 20.8 Å². The number of aryl methyl sites for hydroxylation is 2. The average Bonchev–Trinajstić information content (AvgIpc) is 2.34. The van der Waals surface area contributed by atoms with Crippen LogP contribution in [0.3, 0.4) is 0 Å². The second-order valence-electron chi connectivity index (χ2n) is 6.14. The fraction of sp³-hybridized carbons (Fsp3) is 0.533. The molecule has 0 aromatic carbocycles. The Morgan fingerprint density at radius 2 is 2.05 bits per heavy atom. The third-order valence-electron chi connectivity index (χ3n) is 3.20. The number of aromatic carboxylic acids is 1. The molecule has 1 aliphatic heterocycles. The first kappa shape index (κ1) is 15.3. The maximum absolute atomic E-state index is 12.3. The molecule has 2 rings (SSSR count). The number of hydrogen-bond donors (Lipinski definition) is 1. The zero-order valence-corrected chi connectivity index (χ0v) is 12.8. The zero-order valence-electron chi connectivity index (χ0n) is 12.8. The van der Waals surface area contributed by atoms with E-state index in [-0.39, 0.29) is 5.56 Å². The second kappa shape index (κ2) is 5.35. The van der Waals surface area contributed by atoms with Gasteiger partial charge in [0.25, 0.3) is 0 Å². The van der Waals surface area contributed by atoms with Crippen molar-refractivity contribution in [3.05, 3.63) is 22.9 Å². The maximum Gasteiger partial charge on any atom is 0.416 e. The molecule has 1 amide bonds. The van der Waals surface area contributed by atoms with Gasteiger partial charge in [0, 0.05) is 6.54 Å². The van der Waals surface area contributed by atoms with Gasteiger partial charge in [-0.15, -0.1) is 0 Å². The molecule has 0 bridgehead atoms. The number of carboxylic acid groups (broad SMARTS) is 1. The van der Waals surface area contributed by atoms with Gasteiger partial charge in [-0.3, -0.25) is 4.90 Å². The van der Waals surface area contributed by atoms with Crippen molar-refractivity contribution >= 4 is 17.9 Å². The van der Waals surface area contributed by atoms with E-state index in [0.29, 0.717) is 24.5 Å². The standard InChI is InChI=1S/C15H20N2O4/c1-9-11(13(18)19)8-10-6-5-7-17(12(10)16-9)14(20)21-15(2,3)4/h8H,5-7H2,1-4H3,(H,18,19). The second-order valence-corrected chi connectivity index (χ2v) is 6.14. The Kier molecular flexibility index (Phi) is 3.89. The largest absolute Gasteiger partial charge is 0.478 e. The normalized spacial score (nSPS) is 14.6. The molecule has 114 valence electrons. The summed E-state index contributed by atoms with van der Waals surface area (Å²) in [6.07, 6.45) is 1.02. The van der Waals surface area contributed by atoms with Crippen LogP contribution in [-0.2, 0) is 11.2 Å². The number of carbonyl (C=O) groups is 2. The van der Waals surface area contributed by atoms with Crippen LogP contribution in [0.15, 0.2) is 6.07 Å². The Balaban J connectivity index is 2.38. The summed E-state index contributed by atoms with van der Waals surface area (Å²) >= 11 is 0. The molecule has 0 saturated carbocycles. The van der Waals surface area contributed by atoms with Crippen LogP contribution in [0.2, 0.25) is 0 Å². The van der Waals surface area contributed by atoms with E-state index in [0.717, 1.165) is 12.0 Å². The van der Waals surface area contributed by atoms with E-state index < -0.39 is 17.7 Å². The van der Waals surface area contributed by atoms with Crippen LogP contribution in [-0.4, -0.2) is 34.3 Å². The molecule has 0 spiro atoms. The molecule has 1 aromatic heterocycles. The number of fused-ring (bicyclic) bond motifs is 1. The van der Waals surface area contributed by atoms with Crippen molar-refractivity contribution in [1.29, 1.82) is 0 Å². The summed E-state index contributed by atoms with van der Waals surface area (Å²) in [5, 5.41) is 9.15. The first-order valence-corrected chi connectivity index (χ1v) is 6.93. The van der Waals surface area contributed by atoms with Gasteiger partial charge in [-0.1, -0.05) is 0 Å². The quantitative estimate of drug-likeness (QED) is 0.861. The van der Waals surface area contributed by atoms with Crippen LogP contribution in [0.4, 0.5) is 10.6 Å². The number of hydrogen-bond acceptors (Lipinski definition) is 4. The first-order valence-electron chi connectivity index (χ1n) is 6.93. The van der Waals surface area contributed by atoms with Crippen molar-refractivity contribution in [2.45, 2.75) is 46.1 Å². The molecular weight excluding hydrogens is 272 g/mol. The van der Waals surface area contributed by atoms with Crippen LogP contribution in [0.25, 0.3) is 0 Å². The van der Waals surface area contributed by atoms with Crippen LogP contribution in [0.5, 0.6) is 0 Å². The molecule has 0 saturated heterocycles. The SMILES string of the molecule is Cc1nc2c(cc1C(=O)O)CCCN2C(=O)OC(C)(C)C. The smallest absolute Gasteiger partial charge is 0.416 e.